The van der Waals surface area contributed by atoms with Gasteiger partial charge in [0.2, 0.25) is 10.0 Å². The van der Waals surface area contributed by atoms with Crippen molar-refractivity contribution in [2.45, 2.75) is 19.2 Å². The van der Waals surface area contributed by atoms with Gasteiger partial charge in [0, 0.05) is 12.7 Å². The number of nitrogens with one attached hydrogen (secondary N) is 2. The predicted octanol–water partition coefficient (Wildman–Crippen LogP) is 1.53. The van der Waals surface area contributed by atoms with Gasteiger partial charge in [-0.3, -0.25) is 4.72 Å². The zero-order chi connectivity index (χ0) is 15.1. The zero-order valence-electron chi connectivity index (χ0n) is 11.8. The highest BCUT2D eigenvalue weighted by Gasteiger charge is 2.12. The first-order chi connectivity index (χ1) is 10.1. The molecule has 112 valence electrons. The van der Waals surface area contributed by atoms with Gasteiger partial charge in [-0.25, -0.2) is 8.42 Å². The van der Waals surface area contributed by atoms with E-state index in [1.54, 1.807) is 12.1 Å². The van der Waals surface area contributed by atoms with Crippen LogP contribution in [0, 0.1) is 0 Å². The summed E-state index contributed by atoms with van der Waals surface area (Å²) in [5.41, 5.74) is 1.85. The van der Waals surface area contributed by atoms with Gasteiger partial charge in [-0.1, -0.05) is 31.2 Å². The number of sulfonamides is 1. The average Bonchev–Trinajstić information content (AvgIpc) is 2.47. The maximum Gasteiger partial charge on any atom is 0.238 e. The maximum atomic E-state index is 12.0. The summed E-state index contributed by atoms with van der Waals surface area (Å²) in [6.07, 6.45) is 1.49. The Hall–Kier alpha value is -1.99. The lowest BCUT2D eigenvalue weighted by Crippen LogP contribution is -2.16. The van der Waals surface area contributed by atoms with Crippen LogP contribution in [0.3, 0.4) is 0 Å². The van der Waals surface area contributed by atoms with Crippen LogP contribution in [0.1, 0.15) is 18.1 Å². The van der Waals surface area contributed by atoms with Gasteiger partial charge in [-0.2, -0.15) is 5.10 Å². The second kappa shape index (κ2) is 7.14. The second-order valence-electron chi connectivity index (χ2n) is 4.57. The zero-order valence-corrected chi connectivity index (χ0v) is 12.6. The van der Waals surface area contributed by atoms with E-state index in [1.165, 1.54) is 6.20 Å². The Bertz CT molecular complexity index is 657. The molecule has 0 bridgehead atoms. The summed E-state index contributed by atoms with van der Waals surface area (Å²) in [4.78, 5) is 0. The van der Waals surface area contributed by atoms with Crippen LogP contribution in [0.4, 0.5) is 5.82 Å². The van der Waals surface area contributed by atoms with Crippen molar-refractivity contribution in [2.24, 2.45) is 0 Å². The van der Waals surface area contributed by atoms with E-state index >= 15 is 0 Å². The normalized spacial score (nSPS) is 11.3. The number of anilines is 1. The Morgan fingerprint density at radius 3 is 2.43 bits per heavy atom. The van der Waals surface area contributed by atoms with Crippen LogP contribution >= 0.6 is 0 Å². The van der Waals surface area contributed by atoms with Crippen molar-refractivity contribution in [1.82, 2.24) is 15.5 Å². The first-order valence-corrected chi connectivity index (χ1v) is 8.31. The van der Waals surface area contributed by atoms with Crippen molar-refractivity contribution in [3.63, 3.8) is 0 Å². The number of nitrogens with zero attached hydrogens (tertiary/aromatic N) is 2. The van der Waals surface area contributed by atoms with Crippen molar-refractivity contribution in [3.05, 3.63) is 53.7 Å². The van der Waals surface area contributed by atoms with Gasteiger partial charge in [0.05, 0.1) is 5.75 Å². The largest absolute Gasteiger partial charge is 0.313 e. The molecule has 0 unspecified atom stereocenters. The van der Waals surface area contributed by atoms with Gasteiger partial charge in [0.25, 0.3) is 0 Å². The van der Waals surface area contributed by atoms with E-state index in [0.29, 0.717) is 0 Å². The van der Waals surface area contributed by atoms with E-state index in [-0.39, 0.29) is 11.6 Å². The third kappa shape index (κ3) is 5.13. The molecular formula is C14H18N4O2S. The van der Waals surface area contributed by atoms with Crippen LogP contribution in [0.25, 0.3) is 0 Å². The van der Waals surface area contributed by atoms with Crippen LogP contribution < -0.4 is 10.0 Å². The van der Waals surface area contributed by atoms with Crippen molar-refractivity contribution < 1.29 is 8.42 Å². The second-order valence-corrected chi connectivity index (χ2v) is 6.29. The van der Waals surface area contributed by atoms with E-state index in [9.17, 15) is 8.42 Å². The van der Waals surface area contributed by atoms with Gasteiger partial charge < -0.3 is 5.32 Å². The molecule has 0 aliphatic rings. The van der Waals surface area contributed by atoms with Crippen LogP contribution in [-0.2, 0) is 22.3 Å². The number of rotatable bonds is 7. The molecule has 2 rings (SSSR count). The molecule has 0 aliphatic heterocycles. The molecule has 1 heterocycles. The highest BCUT2D eigenvalue weighted by Crippen LogP contribution is 2.11. The number of hydrogen-bond donors (Lipinski definition) is 2. The fourth-order valence-corrected chi connectivity index (χ4v) is 2.92. The monoisotopic (exact) mass is 306 g/mol. The molecule has 7 heteroatoms. The van der Waals surface area contributed by atoms with Crippen LogP contribution in [0.5, 0.6) is 0 Å². The molecule has 0 aliphatic carbocycles. The number of hydrogen-bond acceptors (Lipinski definition) is 5. The van der Waals surface area contributed by atoms with Crippen LogP contribution in [0.15, 0.2) is 42.6 Å². The topological polar surface area (TPSA) is 84.0 Å². The van der Waals surface area contributed by atoms with Crippen LogP contribution in [-0.4, -0.2) is 25.2 Å². The van der Waals surface area contributed by atoms with E-state index in [2.05, 4.69) is 20.2 Å². The first-order valence-electron chi connectivity index (χ1n) is 6.66. The Balaban J connectivity index is 2.00. The molecule has 1 aromatic heterocycles. The fraction of sp³-hybridized carbons (Fsp3) is 0.286. The predicted molar refractivity (Wildman–Crippen MR) is 82.1 cm³/mol. The third-order valence-corrected chi connectivity index (χ3v) is 4.02. The number of aromatic nitrogens is 2. The number of benzene rings is 1. The first kappa shape index (κ1) is 15.4. The molecule has 0 saturated heterocycles. The highest BCUT2D eigenvalue weighted by molar-refractivity contribution is 7.91. The lowest BCUT2D eigenvalue weighted by Gasteiger charge is -2.07. The lowest BCUT2D eigenvalue weighted by molar-refractivity contribution is 0.600. The summed E-state index contributed by atoms with van der Waals surface area (Å²) in [6, 6.07) is 10.7. The van der Waals surface area contributed by atoms with Crippen molar-refractivity contribution in [2.75, 3.05) is 11.3 Å². The molecule has 6 nitrogen and oxygen atoms in total. The Morgan fingerprint density at radius 2 is 1.81 bits per heavy atom. The molecule has 1 aromatic carbocycles. The Morgan fingerprint density at radius 1 is 1.10 bits per heavy atom. The molecule has 0 saturated carbocycles. The molecule has 21 heavy (non-hydrogen) atoms. The van der Waals surface area contributed by atoms with E-state index in [1.807, 2.05) is 31.2 Å². The van der Waals surface area contributed by atoms with Crippen molar-refractivity contribution in [3.8, 4) is 0 Å². The van der Waals surface area contributed by atoms with Crippen LogP contribution in [0.2, 0.25) is 0 Å². The minimum absolute atomic E-state index is 0.0922. The molecule has 2 N–H and O–H groups in total. The molecule has 0 amide bonds. The standard InChI is InChI=1S/C14H18N4O2S/c1-2-15-10-12-5-7-13(8-6-12)11-21(19,20)18-14-4-3-9-16-17-14/h3-9,15H,2,10-11H2,1H3,(H,17,18). The fourth-order valence-electron chi connectivity index (χ4n) is 1.79. The van der Waals surface area contributed by atoms with Crippen molar-refractivity contribution >= 4 is 15.8 Å². The smallest absolute Gasteiger partial charge is 0.238 e. The summed E-state index contributed by atoms with van der Waals surface area (Å²) in [7, 11) is -3.49. The van der Waals surface area contributed by atoms with Gasteiger partial charge in [-0.15, -0.1) is 5.10 Å². The summed E-state index contributed by atoms with van der Waals surface area (Å²) in [6.45, 7) is 3.72. The highest BCUT2D eigenvalue weighted by atomic mass is 32.2. The summed E-state index contributed by atoms with van der Waals surface area (Å²) in [5, 5.41) is 10.6. The third-order valence-electron chi connectivity index (χ3n) is 2.79. The SMILES string of the molecule is CCNCc1ccc(CS(=O)(=O)Nc2cccnn2)cc1. The van der Waals surface area contributed by atoms with Crippen molar-refractivity contribution in [1.29, 1.82) is 0 Å². The minimum atomic E-state index is -3.49. The summed E-state index contributed by atoms with van der Waals surface area (Å²) < 4.78 is 26.5. The van der Waals surface area contributed by atoms with Gasteiger partial charge in [0.15, 0.2) is 5.82 Å². The van der Waals surface area contributed by atoms with E-state index < -0.39 is 10.0 Å². The average molecular weight is 306 g/mol. The molecule has 0 fully saturated rings. The molecule has 0 atom stereocenters. The Kier molecular flexibility index (Phi) is 5.24. The maximum absolute atomic E-state index is 12.0. The Labute approximate surface area is 124 Å². The molecule has 0 spiro atoms. The molecule has 0 radical (unpaired) electrons. The van der Waals surface area contributed by atoms with Gasteiger partial charge in [-0.05, 0) is 29.8 Å². The quantitative estimate of drug-likeness (QED) is 0.810. The van der Waals surface area contributed by atoms with Gasteiger partial charge in [0.1, 0.15) is 0 Å². The summed E-state index contributed by atoms with van der Waals surface area (Å²) in [5.74, 6) is 0.131. The van der Waals surface area contributed by atoms with E-state index in [4.69, 9.17) is 0 Å². The lowest BCUT2D eigenvalue weighted by atomic mass is 10.1. The van der Waals surface area contributed by atoms with Gasteiger partial charge >= 0.3 is 0 Å². The molecular weight excluding hydrogens is 288 g/mol. The van der Waals surface area contributed by atoms with E-state index in [0.717, 1.165) is 24.2 Å². The minimum Gasteiger partial charge on any atom is -0.313 e. The summed E-state index contributed by atoms with van der Waals surface area (Å²) >= 11 is 0. The molecule has 2 aromatic rings.